The van der Waals surface area contributed by atoms with Gasteiger partial charge in [0.05, 0.1) is 17.8 Å². The Morgan fingerprint density at radius 3 is 2.50 bits per heavy atom. The molecule has 1 saturated heterocycles. The van der Waals surface area contributed by atoms with Crippen molar-refractivity contribution in [1.29, 1.82) is 0 Å². The standard InChI is InChI=1S/C30H30FN5OS/c1-20-18-25(21(2)36(20)19-22-8-4-3-5-9-22)29-28(26-10-6-7-16-32-26)34-30(38)35(29)17-15-27(37)33-24-13-11-23(31)12-14-24/h3-14,16,18,28-29H,15,17,19H2,1-2H3,(H,33,37)(H,34,38). The van der Waals surface area contributed by atoms with Crippen LogP contribution in [0.3, 0.4) is 0 Å². The Hall–Kier alpha value is -4.04. The number of pyridine rings is 1. The summed E-state index contributed by atoms with van der Waals surface area (Å²) >= 11 is 5.79. The minimum atomic E-state index is -0.343. The van der Waals surface area contributed by atoms with Gasteiger partial charge in [-0.05, 0) is 79.7 Å². The van der Waals surface area contributed by atoms with E-state index in [-0.39, 0.29) is 30.2 Å². The number of hydrogen-bond donors (Lipinski definition) is 2. The summed E-state index contributed by atoms with van der Waals surface area (Å²) in [6.45, 7) is 5.46. The zero-order chi connectivity index (χ0) is 26.6. The molecule has 1 amide bonds. The SMILES string of the molecule is Cc1cc(C2C(c3ccccn3)NC(=S)N2CCC(=O)Nc2ccc(F)cc2)c(C)n1Cc1ccccc1. The second-order valence-electron chi connectivity index (χ2n) is 9.52. The van der Waals surface area contributed by atoms with E-state index in [1.807, 2.05) is 24.3 Å². The zero-order valence-electron chi connectivity index (χ0n) is 21.4. The number of rotatable bonds is 8. The highest BCUT2D eigenvalue weighted by Gasteiger charge is 2.41. The molecule has 0 aliphatic carbocycles. The van der Waals surface area contributed by atoms with Crippen molar-refractivity contribution in [1.82, 2.24) is 19.8 Å². The normalized spacial score (nSPS) is 16.9. The van der Waals surface area contributed by atoms with Gasteiger partial charge in [-0.15, -0.1) is 0 Å². The van der Waals surface area contributed by atoms with Gasteiger partial charge in [0.2, 0.25) is 5.91 Å². The number of aryl methyl sites for hydroxylation is 1. The number of amides is 1. The van der Waals surface area contributed by atoms with Crippen LogP contribution in [0.15, 0.2) is 85.1 Å². The summed E-state index contributed by atoms with van der Waals surface area (Å²) in [5.74, 6) is -0.501. The third-order valence-corrected chi connectivity index (χ3v) is 7.37. The van der Waals surface area contributed by atoms with Crippen molar-refractivity contribution in [2.24, 2.45) is 0 Å². The molecule has 2 aromatic heterocycles. The molecule has 0 saturated carbocycles. The Kier molecular flexibility index (Phi) is 7.51. The predicted octanol–water partition coefficient (Wildman–Crippen LogP) is 5.69. The van der Waals surface area contributed by atoms with E-state index in [1.165, 1.54) is 17.7 Å². The largest absolute Gasteiger partial charge is 0.352 e. The number of benzene rings is 2. The quantitative estimate of drug-likeness (QED) is 0.288. The van der Waals surface area contributed by atoms with Crippen molar-refractivity contribution in [2.75, 3.05) is 11.9 Å². The van der Waals surface area contributed by atoms with E-state index in [0.29, 0.717) is 17.3 Å². The number of nitrogens with zero attached hydrogens (tertiary/aromatic N) is 3. The fraction of sp³-hybridized carbons (Fsp3) is 0.233. The van der Waals surface area contributed by atoms with E-state index in [9.17, 15) is 9.18 Å². The molecule has 3 heterocycles. The average Bonchev–Trinajstić information content (AvgIpc) is 3.40. The van der Waals surface area contributed by atoms with Crippen molar-refractivity contribution >= 4 is 28.9 Å². The maximum Gasteiger partial charge on any atom is 0.226 e. The van der Waals surface area contributed by atoms with E-state index in [2.05, 4.69) is 69.3 Å². The molecule has 38 heavy (non-hydrogen) atoms. The number of anilines is 1. The van der Waals surface area contributed by atoms with Crippen LogP contribution in [0.25, 0.3) is 0 Å². The predicted molar refractivity (Wildman–Crippen MR) is 151 cm³/mol. The van der Waals surface area contributed by atoms with Crippen LogP contribution in [0, 0.1) is 19.7 Å². The third kappa shape index (κ3) is 5.45. The average molecular weight is 528 g/mol. The van der Waals surface area contributed by atoms with E-state index in [4.69, 9.17) is 12.2 Å². The van der Waals surface area contributed by atoms with E-state index in [0.717, 1.165) is 29.2 Å². The lowest BCUT2D eigenvalue weighted by Gasteiger charge is -2.28. The van der Waals surface area contributed by atoms with Crippen molar-refractivity contribution in [3.63, 3.8) is 0 Å². The van der Waals surface area contributed by atoms with Gasteiger partial charge in [-0.1, -0.05) is 36.4 Å². The number of halogens is 1. The lowest BCUT2D eigenvalue weighted by molar-refractivity contribution is -0.116. The summed E-state index contributed by atoms with van der Waals surface area (Å²) < 4.78 is 15.6. The highest BCUT2D eigenvalue weighted by atomic mass is 32.1. The number of hydrogen-bond acceptors (Lipinski definition) is 3. The maximum absolute atomic E-state index is 13.2. The first-order chi connectivity index (χ1) is 18.4. The molecule has 1 aliphatic heterocycles. The highest BCUT2D eigenvalue weighted by Crippen LogP contribution is 2.41. The van der Waals surface area contributed by atoms with Gasteiger partial charge < -0.3 is 20.1 Å². The zero-order valence-corrected chi connectivity index (χ0v) is 22.2. The molecule has 2 atom stereocenters. The summed E-state index contributed by atoms with van der Waals surface area (Å²) in [5, 5.41) is 6.90. The van der Waals surface area contributed by atoms with Gasteiger partial charge in [0, 0.05) is 42.8 Å². The maximum atomic E-state index is 13.2. The fourth-order valence-corrected chi connectivity index (χ4v) is 5.43. The fourth-order valence-electron chi connectivity index (χ4n) is 5.10. The molecule has 5 rings (SSSR count). The monoisotopic (exact) mass is 527 g/mol. The molecule has 194 valence electrons. The molecule has 6 nitrogen and oxygen atoms in total. The third-order valence-electron chi connectivity index (χ3n) is 7.02. The van der Waals surface area contributed by atoms with Gasteiger partial charge in [0.25, 0.3) is 0 Å². The summed E-state index contributed by atoms with van der Waals surface area (Å²) in [4.78, 5) is 19.5. The molecule has 0 bridgehead atoms. The van der Waals surface area contributed by atoms with E-state index < -0.39 is 0 Å². The van der Waals surface area contributed by atoms with Crippen LogP contribution in [0.5, 0.6) is 0 Å². The Morgan fingerprint density at radius 1 is 1.05 bits per heavy atom. The number of carbonyl (C=O) groups is 1. The van der Waals surface area contributed by atoms with Crippen LogP contribution in [0.1, 0.15) is 46.7 Å². The molecule has 4 aromatic rings. The Bertz CT molecular complexity index is 1420. The lowest BCUT2D eigenvalue weighted by Crippen LogP contribution is -2.33. The smallest absolute Gasteiger partial charge is 0.226 e. The van der Waals surface area contributed by atoms with Gasteiger partial charge >= 0.3 is 0 Å². The molecule has 8 heteroatoms. The van der Waals surface area contributed by atoms with Gasteiger partial charge in [-0.3, -0.25) is 9.78 Å². The van der Waals surface area contributed by atoms with Gasteiger partial charge in [-0.2, -0.15) is 0 Å². The Balaban J connectivity index is 1.42. The van der Waals surface area contributed by atoms with Crippen LogP contribution in [-0.2, 0) is 11.3 Å². The second-order valence-corrected chi connectivity index (χ2v) is 9.91. The first-order valence-electron chi connectivity index (χ1n) is 12.6. The van der Waals surface area contributed by atoms with Crippen molar-refractivity contribution in [3.05, 3.63) is 119 Å². The number of carbonyl (C=O) groups excluding carboxylic acids is 1. The van der Waals surface area contributed by atoms with Gasteiger partial charge in [0.15, 0.2) is 5.11 Å². The van der Waals surface area contributed by atoms with Crippen LogP contribution in [-0.4, -0.2) is 32.0 Å². The molecule has 2 N–H and O–H groups in total. The first-order valence-corrected chi connectivity index (χ1v) is 13.1. The van der Waals surface area contributed by atoms with Gasteiger partial charge in [-0.25, -0.2) is 4.39 Å². The van der Waals surface area contributed by atoms with Crippen LogP contribution >= 0.6 is 12.2 Å². The summed E-state index contributed by atoms with van der Waals surface area (Å²) in [6, 6.07) is 24.0. The van der Waals surface area contributed by atoms with E-state index >= 15 is 0 Å². The van der Waals surface area contributed by atoms with Crippen molar-refractivity contribution in [3.8, 4) is 0 Å². The molecule has 0 spiro atoms. The Labute approximate surface area is 227 Å². The topological polar surface area (TPSA) is 62.2 Å². The molecule has 0 radical (unpaired) electrons. The molecule has 2 unspecified atom stereocenters. The number of nitrogens with one attached hydrogen (secondary N) is 2. The molecule has 1 fully saturated rings. The van der Waals surface area contributed by atoms with E-state index in [1.54, 1.807) is 18.3 Å². The minimum Gasteiger partial charge on any atom is -0.352 e. The molecular weight excluding hydrogens is 497 g/mol. The summed E-state index contributed by atoms with van der Waals surface area (Å²) in [7, 11) is 0. The summed E-state index contributed by atoms with van der Waals surface area (Å²) in [6.07, 6.45) is 2.02. The van der Waals surface area contributed by atoms with Crippen LogP contribution in [0.4, 0.5) is 10.1 Å². The molecular formula is C30H30FN5OS. The first kappa shape index (κ1) is 25.6. The minimum absolute atomic E-state index is 0.133. The van der Waals surface area contributed by atoms with Crippen LogP contribution < -0.4 is 10.6 Å². The van der Waals surface area contributed by atoms with Crippen molar-refractivity contribution < 1.29 is 9.18 Å². The second kappa shape index (κ2) is 11.1. The summed E-state index contributed by atoms with van der Waals surface area (Å²) in [5.41, 5.74) is 6.16. The van der Waals surface area contributed by atoms with Crippen LogP contribution in [0.2, 0.25) is 0 Å². The molecule has 2 aromatic carbocycles. The molecule has 1 aliphatic rings. The lowest BCUT2D eigenvalue weighted by atomic mass is 9.96. The van der Waals surface area contributed by atoms with Crippen molar-refractivity contribution in [2.45, 2.75) is 38.9 Å². The number of aromatic nitrogens is 2. The Morgan fingerprint density at radius 2 is 1.79 bits per heavy atom. The highest BCUT2D eigenvalue weighted by molar-refractivity contribution is 7.80. The number of thiocarbonyl (C=S) groups is 1. The van der Waals surface area contributed by atoms with Gasteiger partial charge in [0.1, 0.15) is 5.82 Å².